The predicted octanol–water partition coefficient (Wildman–Crippen LogP) is 0.785. The summed E-state index contributed by atoms with van der Waals surface area (Å²) in [6.07, 6.45) is 0. The first kappa shape index (κ1) is 17.6. The summed E-state index contributed by atoms with van der Waals surface area (Å²) in [4.78, 5) is 16.7. The molecule has 0 aliphatic carbocycles. The second-order valence-corrected chi connectivity index (χ2v) is 2.49. The fraction of sp³-hybridized carbons (Fsp3) is 0. The van der Waals surface area contributed by atoms with Crippen LogP contribution in [0.5, 0.6) is 0 Å². The van der Waals surface area contributed by atoms with Gasteiger partial charge >= 0.3 is 33.0 Å². The number of rotatable bonds is 0. The van der Waals surface area contributed by atoms with Crippen molar-refractivity contribution in [1.29, 1.82) is 0 Å². The first-order valence-corrected chi connectivity index (χ1v) is 4.22. The third kappa shape index (κ3) is 2060. The Labute approximate surface area is 69.5 Å². The minimum absolute atomic E-state index is 0. The summed E-state index contributed by atoms with van der Waals surface area (Å²) < 4.78 is 56.7. The van der Waals surface area contributed by atoms with Gasteiger partial charge in [0.25, 0.3) is 0 Å². The van der Waals surface area contributed by atoms with Crippen LogP contribution in [0.15, 0.2) is 0 Å². The van der Waals surface area contributed by atoms with Gasteiger partial charge in [-0.05, 0) is 0 Å². The normalized spacial score (nSPS) is 10.7. The molecule has 4 nitrogen and oxygen atoms in total. The van der Waals surface area contributed by atoms with Gasteiger partial charge in [0.2, 0.25) is 0 Å². The zero-order valence-corrected chi connectivity index (χ0v) is 7.07. The molecule has 0 rings (SSSR count). The number of hydrogen-bond acceptors (Lipinski definition) is 4. The average Bonchev–Trinajstić information content (AvgIpc) is 1.12. The third-order valence-corrected chi connectivity index (χ3v) is 0. The molecule has 0 fully saturated rings. The van der Waals surface area contributed by atoms with E-state index in [1.165, 1.54) is 0 Å². The molecule has 0 aromatic heterocycles. The summed E-state index contributed by atoms with van der Waals surface area (Å²) in [6.45, 7) is 0. The van der Waals surface area contributed by atoms with E-state index in [2.05, 4.69) is 0 Å². The van der Waals surface area contributed by atoms with Crippen LogP contribution in [-0.4, -0.2) is 0 Å². The molecule has 0 aromatic carbocycles. The molecule has 0 saturated carbocycles. The minimum atomic E-state index is -5.89. The molecule has 0 saturated heterocycles. The van der Waals surface area contributed by atoms with Gasteiger partial charge in [-0.3, -0.25) is 9.13 Å². The second-order valence-electron chi connectivity index (χ2n) is 0.829. The van der Waals surface area contributed by atoms with E-state index in [0.29, 0.717) is 0 Å². The SMILES string of the molecule is O=P([O-])(F)F.O=P([O-])(F)F.[Cu+2]. The Morgan fingerprint density at radius 1 is 0.818 bits per heavy atom. The van der Waals surface area contributed by atoms with Crippen LogP contribution in [0.1, 0.15) is 0 Å². The van der Waals surface area contributed by atoms with Crippen LogP contribution in [0.2, 0.25) is 0 Å². The molecule has 0 spiro atoms. The Bertz CT molecular complexity index is 132. The van der Waals surface area contributed by atoms with Gasteiger partial charge in [0.1, 0.15) is 0 Å². The maximum absolute atomic E-state index is 10.0. The first-order chi connectivity index (χ1) is 4.00. The predicted molar refractivity (Wildman–Crippen MR) is 19.6 cm³/mol. The summed E-state index contributed by atoms with van der Waals surface area (Å²) in [5, 5.41) is 0. The summed E-state index contributed by atoms with van der Waals surface area (Å²) in [5.41, 5.74) is 0. The Balaban J connectivity index is -0.000000107. The molecule has 11 heavy (non-hydrogen) atoms. The Morgan fingerprint density at radius 2 is 0.818 bits per heavy atom. The molecule has 73 valence electrons. The van der Waals surface area contributed by atoms with E-state index in [1.807, 2.05) is 0 Å². The van der Waals surface area contributed by atoms with Crippen molar-refractivity contribution >= 4 is 16.0 Å². The molecule has 0 atom stereocenters. The van der Waals surface area contributed by atoms with E-state index in [9.17, 15) is 16.8 Å². The van der Waals surface area contributed by atoms with Crippen LogP contribution in [0.4, 0.5) is 16.8 Å². The topological polar surface area (TPSA) is 80.3 Å². The van der Waals surface area contributed by atoms with E-state index >= 15 is 0 Å². The largest absolute Gasteiger partial charge is 2.00 e. The van der Waals surface area contributed by atoms with Crippen molar-refractivity contribution in [3.63, 3.8) is 0 Å². The summed E-state index contributed by atoms with van der Waals surface area (Å²) in [5.74, 6) is 0. The molecule has 1 radical (unpaired) electrons. The Hall–Kier alpha value is 0.619. The van der Waals surface area contributed by atoms with Crippen LogP contribution in [0.3, 0.4) is 0 Å². The molecule has 0 amide bonds. The fourth-order valence-corrected chi connectivity index (χ4v) is 0. The van der Waals surface area contributed by atoms with Crippen molar-refractivity contribution in [2.75, 3.05) is 0 Å². The molecule has 11 heteroatoms. The van der Waals surface area contributed by atoms with E-state index in [4.69, 9.17) is 18.9 Å². The van der Waals surface area contributed by atoms with Gasteiger partial charge in [-0.2, -0.15) is 16.8 Å². The Morgan fingerprint density at radius 3 is 0.818 bits per heavy atom. The van der Waals surface area contributed by atoms with Crippen molar-refractivity contribution in [2.24, 2.45) is 0 Å². The summed E-state index contributed by atoms with van der Waals surface area (Å²) in [6, 6.07) is 0. The second kappa shape index (κ2) is 6.17. The van der Waals surface area contributed by atoms with Crippen molar-refractivity contribution in [1.82, 2.24) is 0 Å². The van der Waals surface area contributed by atoms with E-state index in [0.717, 1.165) is 0 Å². The van der Waals surface area contributed by atoms with Crippen molar-refractivity contribution in [3.05, 3.63) is 0 Å². The Kier molecular flexibility index (Phi) is 9.89. The average molecular weight is 265 g/mol. The van der Waals surface area contributed by atoms with E-state index in [1.54, 1.807) is 0 Å². The van der Waals surface area contributed by atoms with Crippen molar-refractivity contribution in [2.45, 2.75) is 0 Å². The van der Waals surface area contributed by atoms with Gasteiger partial charge in [-0.25, -0.2) is 0 Å². The van der Waals surface area contributed by atoms with Gasteiger partial charge in [0, 0.05) is 0 Å². The van der Waals surface area contributed by atoms with Gasteiger partial charge in [-0.1, -0.05) is 0 Å². The van der Waals surface area contributed by atoms with Crippen LogP contribution < -0.4 is 9.79 Å². The van der Waals surface area contributed by atoms with E-state index in [-0.39, 0.29) is 17.1 Å². The quantitative estimate of drug-likeness (QED) is 0.368. The molecule has 0 bridgehead atoms. The van der Waals surface area contributed by atoms with Crippen molar-refractivity contribution in [3.8, 4) is 0 Å². The summed E-state index contributed by atoms with van der Waals surface area (Å²) in [7, 11) is -11.8. The standard InChI is InChI=1S/Cu.2F2HO2P/c;2*1-5(2,3)4/h;2*(H,3,4)/q+2;;/p-2. The molecule has 0 aliphatic rings. The molecular weight excluding hydrogens is 265 g/mol. The van der Waals surface area contributed by atoms with Crippen LogP contribution in [0, 0.1) is 0 Å². The van der Waals surface area contributed by atoms with Crippen LogP contribution in [0.25, 0.3) is 0 Å². The number of halogens is 4. The maximum atomic E-state index is 10.0. The summed E-state index contributed by atoms with van der Waals surface area (Å²) >= 11 is 0. The number of hydrogen-bond donors (Lipinski definition) is 0. The smallest absolute Gasteiger partial charge is 0.749 e. The zero-order valence-electron chi connectivity index (χ0n) is 4.34. The molecular formula is CuF4O4P2. The molecule has 0 unspecified atom stereocenters. The first-order valence-electron chi connectivity index (χ1n) is 1.41. The molecule has 0 aromatic rings. The molecule has 0 heterocycles. The minimum Gasteiger partial charge on any atom is -0.749 e. The van der Waals surface area contributed by atoms with Gasteiger partial charge < -0.3 is 9.79 Å². The van der Waals surface area contributed by atoms with E-state index < -0.39 is 16.0 Å². The molecule has 0 aliphatic heterocycles. The maximum Gasteiger partial charge on any atom is 2.00 e. The fourth-order valence-electron chi connectivity index (χ4n) is 0. The van der Waals surface area contributed by atoms with Crippen LogP contribution in [-0.2, 0) is 26.2 Å². The third-order valence-electron chi connectivity index (χ3n) is 0. The monoisotopic (exact) mass is 265 g/mol. The zero-order chi connectivity index (χ0) is 9.00. The molecule has 0 N–H and O–H groups in total. The van der Waals surface area contributed by atoms with Gasteiger partial charge in [0.15, 0.2) is 0 Å². The van der Waals surface area contributed by atoms with Crippen molar-refractivity contribution < 1.29 is 52.8 Å². The van der Waals surface area contributed by atoms with Gasteiger partial charge in [-0.15, -0.1) is 0 Å². The van der Waals surface area contributed by atoms with Gasteiger partial charge in [0.05, 0.1) is 0 Å². The van der Waals surface area contributed by atoms with Crippen LogP contribution >= 0.6 is 16.0 Å².